The van der Waals surface area contributed by atoms with E-state index in [1.54, 1.807) is 24.4 Å². The Kier molecular flexibility index (Phi) is 4.33. The number of nitrogens with one attached hydrogen (secondary N) is 1. The van der Waals surface area contributed by atoms with Gasteiger partial charge in [0.25, 0.3) is 0 Å². The molecule has 0 amide bonds. The van der Waals surface area contributed by atoms with Crippen molar-refractivity contribution in [1.29, 1.82) is 0 Å². The lowest BCUT2D eigenvalue weighted by Crippen LogP contribution is -2.16. The third-order valence-corrected chi connectivity index (χ3v) is 3.00. The summed E-state index contributed by atoms with van der Waals surface area (Å²) >= 11 is 5.77. The number of imidazole rings is 1. The van der Waals surface area contributed by atoms with Crippen molar-refractivity contribution in [3.8, 4) is 0 Å². The van der Waals surface area contributed by atoms with Crippen molar-refractivity contribution in [3.63, 3.8) is 0 Å². The second-order valence-electron chi connectivity index (χ2n) is 3.96. The second kappa shape index (κ2) is 5.98. The summed E-state index contributed by atoms with van der Waals surface area (Å²) in [5, 5.41) is 3.35. The molecule has 1 N–H and O–H groups in total. The summed E-state index contributed by atoms with van der Waals surface area (Å²) in [6, 6.07) is 5.04. The van der Waals surface area contributed by atoms with Gasteiger partial charge in [-0.2, -0.15) is 0 Å². The highest BCUT2D eigenvalue weighted by Gasteiger charge is 2.09. The maximum absolute atomic E-state index is 13.8. The van der Waals surface area contributed by atoms with Gasteiger partial charge in [0.05, 0.1) is 18.1 Å². The molecule has 0 bridgehead atoms. The van der Waals surface area contributed by atoms with E-state index in [-0.39, 0.29) is 10.8 Å². The SMILES string of the molecule is CCNCc1nccn1Cc1cccc(Cl)c1F. The van der Waals surface area contributed by atoms with Crippen LogP contribution < -0.4 is 5.32 Å². The first-order valence-electron chi connectivity index (χ1n) is 5.86. The van der Waals surface area contributed by atoms with Crippen LogP contribution in [0.5, 0.6) is 0 Å². The van der Waals surface area contributed by atoms with E-state index < -0.39 is 0 Å². The molecule has 0 radical (unpaired) electrons. The first-order valence-corrected chi connectivity index (χ1v) is 6.23. The topological polar surface area (TPSA) is 29.9 Å². The Morgan fingerprint density at radius 3 is 3.06 bits per heavy atom. The summed E-state index contributed by atoms with van der Waals surface area (Å²) in [5.74, 6) is 0.526. The number of aromatic nitrogens is 2. The predicted molar refractivity (Wildman–Crippen MR) is 70.1 cm³/mol. The Morgan fingerprint density at radius 1 is 1.44 bits per heavy atom. The van der Waals surface area contributed by atoms with Crippen molar-refractivity contribution in [2.24, 2.45) is 0 Å². The second-order valence-corrected chi connectivity index (χ2v) is 4.37. The van der Waals surface area contributed by atoms with Crippen molar-refractivity contribution in [3.05, 3.63) is 52.8 Å². The van der Waals surface area contributed by atoms with Crippen LogP contribution in [0, 0.1) is 5.82 Å². The summed E-state index contributed by atoms with van der Waals surface area (Å²) < 4.78 is 15.7. The largest absolute Gasteiger partial charge is 0.329 e. The lowest BCUT2D eigenvalue weighted by Gasteiger charge is -2.09. The van der Waals surface area contributed by atoms with Gasteiger partial charge in [-0.05, 0) is 12.6 Å². The lowest BCUT2D eigenvalue weighted by molar-refractivity contribution is 0.586. The smallest absolute Gasteiger partial charge is 0.146 e. The fourth-order valence-corrected chi connectivity index (χ4v) is 1.94. The van der Waals surface area contributed by atoms with E-state index in [1.807, 2.05) is 17.7 Å². The molecule has 0 atom stereocenters. The molecule has 0 aliphatic carbocycles. The molecule has 0 spiro atoms. The Hall–Kier alpha value is -1.39. The molecule has 1 aromatic carbocycles. The fraction of sp³-hybridized carbons (Fsp3) is 0.308. The molecule has 0 aliphatic rings. The van der Waals surface area contributed by atoms with Crippen LogP contribution in [0.25, 0.3) is 0 Å². The number of nitrogens with zero attached hydrogens (tertiary/aromatic N) is 2. The van der Waals surface area contributed by atoms with Crippen LogP contribution in [0.15, 0.2) is 30.6 Å². The molecule has 96 valence electrons. The summed E-state index contributed by atoms with van der Waals surface area (Å²) in [4.78, 5) is 4.25. The average Bonchev–Trinajstić information content (AvgIpc) is 2.80. The summed E-state index contributed by atoms with van der Waals surface area (Å²) in [5.41, 5.74) is 0.568. The lowest BCUT2D eigenvalue weighted by atomic mass is 10.2. The van der Waals surface area contributed by atoms with Gasteiger partial charge < -0.3 is 9.88 Å². The summed E-state index contributed by atoms with van der Waals surface area (Å²) in [6.07, 6.45) is 3.56. The molecule has 18 heavy (non-hydrogen) atoms. The van der Waals surface area contributed by atoms with E-state index >= 15 is 0 Å². The highest BCUT2D eigenvalue weighted by molar-refractivity contribution is 6.30. The van der Waals surface area contributed by atoms with E-state index in [1.165, 1.54) is 0 Å². The molecule has 0 saturated carbocycles. The van der Waals surface area contributed by atoms with Gasteiger partial charge in [-0.1, -0.05) is 30.7 Å². The minimum Gasteiger partial charge on any atom is -0.329 e. The third kappa shape index (κ3) is 2.89. The van der Waals surface area contributed by atoms with Gasteiger partial charge in [0.15, 0.2) is 0 Å². The molecule has 2 aromatic rings. The van der Waals surface area contributed by atoms with Gasteiger partial charge in [0.1, 0.15) is 11.6 Å². The van der Waals surface area contributed by atoms with Gasteiger partial charge in [-0.15, -0.1) is 0 Å². The number of hydrogen-bond acceptors (Lipinski definition) is 2. The van der Waals surface area contributed by atoms with Gasteiger partial charge in [0, 0.05) is 18.0 Å². The zero-order valence-corrected chi connectivity index (χ0v) is 10.9. The normalized spacial score (nSPS) is 10.8. The van der Waals surface area contributed by atoms with Crippen molar-refractivity contribution >= 4 is 11.6 Å². The van der Waals surface area contributed by atoms with Crippen LogP contribution in [0.2, 0.25) is 5.02 Å². The molecular formula is C13H15ClFN3. The quantitative estimate of drug-likeness (QED) is 0.903. The van der Waals surface area contributed by atoms with Crippen LogP contribution in [-0.4, -0.2) is 16.1 Å². The van der Waals surface area contributed by atoms with Crippen molar-refractivity contribution in [2.45, 2.75) is 20.0 Å². The van der Waals surface area contributed by atoms with Gasteiger partial charge >= 0.3 is 0 Å². The van der Waals surface area contributed by atoms with Crippen LogP contribution in [-0.2, 0) is 13.1 Å². The maximum Gasteiger partial charge on any atom is 0.146 e. The average molecular weight is 268 g/mol. The van der Waals surface area contributed by atoms with Gasteiger partial charge in [-0.3, -0.25) is 0 Å². The number of halogens is 2. The minimum absolute atomic E-state index is 0.154. The minimum atomic E-state index is -0.359. The van der Waals surface area contributed by atoms with Crippen LogP contribution >= 0.6 is 11.6 Å². The number of rotatable bonds is 5. The van der Waals surface area contributed by atoms with E-state index in [2.05, 4.69) is 10.3 Å². The molecule has 0 unspecified atom stereocenters. The maximum atomic E-state index is 13.8. The fourth-order valence-electron chi connectivity index (χ4n) is 1.74. The van der Waals surface area contributed by atoms with Gasteiger partial charge in [-0.25, -0.2) is 9.37 Å². The van der Waals surface area contributed by atoms with Crippen molar-refractivity contribution in [1.82, 2.24) is 14.9 Å². The van der Waals surface area contributed by atoms with E-state index in [4.69, 9.17) is 11.6 Å². The molecule has 1 heterocycles. The Labute approximate surface area is 111 Å². The van der Waals surface area contributed by atoms with Crippen LogP contribution in [0.1, 0.15) is 18.3 Å². The zero-order chi connectivity index (χ0) is 13.0. The van der Waals surface area contributed by atoms with Crippen LogP contribution in [0.3, 0.4) is 0 Å². The molecule has 0 saturated heterocycles. The van der Waals surface area contributed by atoms with Crippen LogP contribution in [0.4, 0.5) is 4.39 Å². The molecule has 3 nitrogen and oxygen atoms in total. The Morgan fingerprint density at radius 2 is 2.28 bits per heavy atom. The van der Waals surface area contributed by atoms with E-state index in [0.29, 0.717) is 18.7 Å². The molecule has 5 heteroatoms. The molecular weight excluding hydrogens is 253 g/mol. The van der Waals surface area contributed by atoms with E-state index in [9.17, 15) is 4.39 Å². The van der Waals surface area contributed by atoms with Crippen molar-refractivity contribution in [2.75, 3.05) is 6.54 Å². The monoisotopic (exact) mass is 267 g/mol. The Balaban J connectivity index is 2.18. The predicted octanol–water partition coefficient (Wildman–Crippen LogP) is 2.83. The highest BCUT2D eigenvalue weighted by atomic mass is 35.5. The highest BCUT2D eigenvalue weighted by Crippen LogP contribution is 2.19. The molecule has 0 fully saturated rings. The first-order chi connectivity index (χ1) is 8.72. The van der Waals surface area contributed by atoms with E-state index in [0.717, 1.165) is 12.4 Å². The standard InChI is InChI=1S/C13H15ClFN3/c1-2-16-8-12-17-6-7-18(12)9-10-4-3-5-11(14)13(10)15/h3-7,16H,2,8-9H2,1H3. The molecule has 2 rings (SSSR count). The first kappa shape index (κ1) is 13.1. The number of hydrogen-bond donors (Lipinski definition) is 1. The summed E-state index contributed by atoms with van der Waals surface area (Å²) in [7, 11) is 0. The third-order valence-electron chi connectivity index (χ3n) is 2.71. The summed E-state index contributed by atoms with van der Waals surface area (Å²) in [6.45, 7) is 4.01. The van der Waals surface area contributed by atoms with Gasteiger partial charge in [0.2, 0.25) is 0 Å². The number of benzene rings is 1. The van der Waals surface area contributed by atoms with Crippen molar-refractivity contribution < 1.29 is 4.39 Å². The zero-order valence-electron chi connectivity index (χ0n) is 10.2. The molecule has 0 aliphatic heterocycles. The Bertz CT molecular complexity index is 525. The molecule has 1 aromatic heterocycles.